The maximum Gasteiger partial charge on any atom is 0.407 e. The predicted molar refractivity (Wildman–Crippen MR) is 147 cm³/mol. The van der Waals surface area contributed by atoms with E-state index < -0.39 is 12.1 Å². The van der Waals surface area contributed by atoms with Crippen LogP contribution in [0.15, 0.2) is 97.1 Å². The molecule has 1 aliphatic carbocycles. The fraction of sp³-hybridized carbons (Fsp3) is 0.188. The number of ether oxygens (including phenoxy) is 1. The van der Waals surface area contributed by atoms with E-state index in [0.29, 0.717) is 6.42 Å². The highest BCUT2D eigenvalue weighted by atomic mass is 16.5. The van der Waals surface area contributed by atoms with Crippen LogP contribution in [0.2, 0.25) is 0 Å². The van der Waals surface area contributed by atoms with Crippen LogP contribution in [0.4, 0.5) is 10.5 Å². The Morgan fingerprint density at radius 2 is 1.43 bits per heavy atom. The molecule has 1 atom stereocenters. The van der Waals surface area contributed by atoms with Crippen molar-refractivity contribution in [3.8, 4) is 11.1 Å². The third-order valence-electron chi connectivity index (χ3n) is 6.89. The van der Waals surface area contributed by atoms with Gasteiger partial charge in [-0.25, -0.2) is 4.79 Å². The first kappa shape index (κ1) is 24.3. The Bertz CT molecular complexity index is 1390. The van der Waals surface area contributed by atoms with Crippen molar-refractivity contribution in [3.05, 3.63) is 125 Å². The molecule has 0 saturated heterocycles. The predicted octanol–water partition coefficient (Wildman–Crippen LogP) is 6.39. The number of carbonyl (C=O) groups is 2. The van der Waals surface area contributed by atoms with E-state index >= 15 is 0 Å². The topological polar surface area (TPSA) is 67.4 Å². The molecule has 37 heavy (non-hydrogen) atoms. The molecule has 0 spiro atoms. The van der Waals surface area contributed by atoms with Crippen molar-refractivity contribution in [2.45, 2.75) is 32.2 Å². The van der Waals surface area contributed by atoms with Crippen LogP contribution in [0.3, 0.4) is 0 Å². The lowest BCUT2D eigenvalue weighted by atomic mass is 9.98. The molecule has 5 rings (SSSR count). The van der Waals surface area contributed by atoms with Crippen LogP contribution >= 0.6 is 0 Å². The first-order valence-electron chi connectivity index (χ1n) is 12.5. The Morgan fingerprint density at radius 3 is 2.11 bits per heavy atom. The Labute approximate surface area is 217 Å². The van der Waals surface area contributed by atoms with Crippen LogP contribution in [0.5, 0.6) is 0 Å². The summed E-state index contributed by atoms with van der Waals surface area (Å²) in [5.41, 5.74) is 8.31. The van der Waals surface area contributed by atoms with Gasteiger partial charge in [-0.3, -0.25) is 4.79 Å². The average molecular weight is 491 g/mol. The molecule has 0 saturated carbocycles. The highest BCUT2D eigenvalue weighted by Crippen LogP contribution is 2.44. The summed E-state index contributed by atoms with van der Waals surface area (Å²) in [5.74, 6) is -0.333. The summed E-state index contributed by atoms with van der Waals surface area (Å²) in [7, 11) is 0. The van der Waals surface area contributed by atoms with Gasteiger partial charge >= 0.3 is 6.09 Å². The van der Waals surface area contributed by atoms with E-state index in [2.05, 4.69) is 34.9 Å². The number of anilines is 1. The fourth-order valence-corrected chi connectivity index (χ4v) is 4.93. The minimum atomic E-state index is -0.794. The van der Waals surface area contributed by atoms with Gasteiger partial charge in [0.1, 0.15) is 12.6 Å². The molecule has 0 radical (unpaired) electrons. The second-order valence-corrected chi connectivity index (χ2v) is 9.52. The van der Waals surface area contributed by atoms with Gasteiger partial charge in [0.2, 0.25) is 5.91 Å². The molecular weight excluding hydrogens is 460 g/mol. The molecule has 5 nitrogen and oxygen atoms in total. The molecule has 4 aromatic rings. The summed E-state index contributed by atoms with van der Waals surface area (Å²) in [6.07, 6.45) is -0.263. The number of alkyl carbamates (subject to hydrolysis) is 1. The summed E-state index contributed by atoms with van der Waals surface area (Å²) >= 11 is 0. The second-order valence-electron chi connectivity index (χ2n) is 9.52. The molecule has 0 heterocycles. The highest BCUT2D eigenvalue weighted by molar-refractivity contribution is 5.97. The van der Waals surface area contributed by atoms with Gasteiger partial charge in [-0.05, 0) is 58.9 Å². The highest BCUT2D eigenvalue weighted by Gasteiger charge is 2.30. The standard InChI is InChI=1S/C32H30N2O3/c1-21-16-17-22(2)29(18-21)33-31(35)30(19-23-10-4-3-5-11-23)34-32(36)37-20-28-26-14-8-6-12-24(26)25-13-7-9-15-27(25)28/h3-18,28,30H,19-20H2,1-2H3,(H,33,35)(H,34,36). The number of amides is 2. The molecule has 4 aromatic carbocycles. The Balaban J connectivity index is 1.31. The van der Waals surface area contributed by atoms with Crippen molar-refractivity contribution in [2.75, 3.05) is 11.9 Å². The summed E-state index contributed by atoms with van der Waals surface area (Å²) in [6.45, 7) is 4.11. The van der Waals surface area contributed by atoms with Crippen molar-refractivity contribution in [3.63, 3.8) is 0 Å². The summed E-state index contributed by atoms with van der Waals surface area (Å²) in [4.78, 5) is 26.3. The first-order valence-corrected chi connectivity index (χ1v) is 12.5. The molecule has 0 fully saturated rings. The molecule has 2 N–H and O–H groups in total. The molecule has 5 heteroatoms. The lowest BCUT2D eigenvalue weighted by Crippen LogP contribution is -2.45. The number of benzene rings is 4. The van der Waals surface area contributed by atoms with Gasteiger partial charge in [0, 0.05) is 18.0 Å². The second kappa shape index (κ2) is 10.7. The van der Waals surface area contributed by atoms with Gasteiger partial charge in [-0.1, -0.05) is 91.0 Å². The molecule has 186 valence electrons. The quantitative estimate of drug-likeness (QED) is 0.315. The Hall–Kier alpha value is -4.38. The van der Waals surface area contributed by atoms with Crippen molar-refractivity contribution < 1.29 is 14.3 Å². The van der Waals surface area contributed by atoms with E-state index in [0.717, 1.165) is 33.5 Å². The van der Waals surface area contributed by atoms with E-state index in [4.69, 9.17) is 4.74 Å². The normalized spacial score (nSPS) is 12.8. The van der Waals surface area contributed by atoms with Crippen LogP contribution in [-0.4, -0.2) is 24.6 Å². The number of fused-ring (bicyclic) bond motifs is 3. The zero-order valence-corrected chi connectivity index (χ0v) is 21.0. The SMILES string of the molecule is Cc1ccc(C)c(NC(=O)C(Cc2ccccc2)NC(=O)OCC2c3ccccc3-c3ccccc32)c1. The number of carbonyl (C=O) groups excluding carboxylic acids is 2. The van der Waals surface area contributed by atoms with Gasteiger partial charge in [0.25, 0.3) is 0 Å². The van der Waals surface area contributed by atoms with Gasteiger partial charge in [-0.2, -0.15) is 0 Å². The Kier molecular flexibility index (Phi) is 7.04. The minimum Gasteiger partial charge on any atom is -0.449 e. The van der Waals surface area contributed by atoms with Gasteiger partial charge in [-0.15, -0.1) is 0 Å². The first-order chi connectivity index (χ1) is 18.0. The van der Waals surface area contributed by atoms with Crippen LogP contribution in [0.25, 0.3) is 11.1 Å². The molecular formula is C32H30N2O3. The van der Waals surface area contributed by atoms with E-state index in [-0.39, 0.29) is 18.4 Å². The van der Waals surface area contributed by atoms with Gasteiger partial charge in [0.15, 0.2) is 0 Å². The average Bonchev–Trinajstić information content (AvgIpc) is 3.23. The maximum absolute atomic E-state index is 13.3. The van der Waals surface area contributed by atoms with Crippen molar-refractivity contribution in [1.29, 1.82) is 0 Å². The van der Waals surface area contributed by atoms with Crippen molar-refractivity contribution in [1.82, 2.24) is 5.32 Å². The minimum absolute atomic E-state index is 0.0468. The monoisotopic (exact) mass is 490 g/mol. The van der Waals surface area contributed by atoms with E-state index in [1.54, 1.807) is 0 Å². The van der Waals surface area contributed by atoms with Crippen LogP contribution < -0.4 is 10.6 Å². The molecule has 0 aliphatic heterocycles. The number of hydrogen-bond donors (Lipinski definition) is 2. The fourth-order valence-electron chi connectivity index (χ4n) is 4.93. The summed E-state index contributed by atoms with van der Waals surface area (Å²) in [5, 5.41) is 5.81. The van der Waals surface area contributed by atoms with Crippen molar-refractivity contribution in [2.24, 2.45) is 0 Å². The lowest BCUT2D eigenvalue weighted by Gasteiger charge is -2.20. The molecule has 0 aromatic heterocycles. The third kappa shape index (κ3) is 5.41. The smallest absolute Gasteiger partial charge is 0.407 e. The number of rotatable bonds is 7. The van der Waals surface area contributed by atoms with E-state index in [1.165, 1.54) is 11.1 Å². The van der Waals surface area contributed by atoms with Crippen LogP contribution in [0.1, 0.15) is 33.7 Å². The van der Waals surface area contributed by atoms with Gasteiger partial charge in [0.05, 0.1) is 0 Å². The lowest BCUT2D eigenvalue weighted by molar-refractivity contribution is -0.118. The number of hydrogen-bond acceptors (Lipinski definition) is 3. The molecule has 0 bridgehead atoms. The third-order valence-corrected chi connectivity index (χ3v) is 6.89. The zero-order chi connectivity index (χ0) is 25.8. The summed E-state index contributed by atoms with van der Waals surface area (Å²) in [6, 6.07) is 31.2. The zero-order valence-electron chi connectivity index (χ0n) is 21.0. The number of nitrogens with one attached hydrogen (secondary N) is 2. The molecule has 2 amide bonds. The van der Waals surface area contributed by atoms with E-state index in [9.17, 15) is 9.59 Å². The van der Waals surface area contributed by atoms with Crippen molar-refractivity contribution >= 4 is 17.7 Å². The largest absolute Gasteiger partial charge is 0.449 e. The summed E-state index contributed by atoms with van der Waals surface area (Å²) < 4.78 is 5.72. The number of aryl methyl sites for hydroxylation is 2. The maximum atomic E-state index is 13.3. The van der Waals surface area contributed by atoms with E-state index in [1.807, 2.05) is 86.6 Å². The molecule has 1 aliphatic rings. The Morgan fingerprint density at radius 1 is 0.811 bits per heavy atom. The van der Waals surface area contributed by atoms with Crippen LogP contribution in [0, 0.1) is 13.8 Å². The molecule has 1 unspecified atom stereocenters. The van der Waals surface area contributed by atoms with Crippen LogP contribution in [-0.2, 0) is 16.0 Å². The van der Waals surface area contributed by atoms with Gasteiger partial charge < -0.3 is 15.4 Å².